The molecule has 5 heteroatoms. The predicted octanol–water partition coefficient (Wildman–Crippen LogP) is 0.676. The summed E-state index contributed by atoms with van der Waals surface area (Å²) in [6, 6.07) is 5.68. The van der Waals surface area contributed by atoms with E-state index >= 15 is 0 Å². The van der Waals surface area contributed by atoms with Crippen LogP contribution in [0.3, 0.4) is 0 Å². The van der Waals surface area contributed by atoms with E-state index in [0.29, 0.717) is 19.5 Å². The van der Waals surface area contributed by atoms with Gasteiger partial charge in [-0.15, -0.1) is 0 Å². The van der Waals surface area contributed by atoms with Gasteiger partial charge in [0, 0.05) is 30.8 Å². The van der Waals surface area contributed by atoms with E-state index in [1.807, 2.05) is 18.2 Å². The molecule has 0 saturated carbocycles. The number of benzene rings is 1. The fourth-order valence-electron chi connectivity index (χ4n) is 1.78. The first-order valence-corrected chi connectivity index (χ1v) is 6.03. The zero-order valence-electron chi connectivity index (χ0n) is 11.0. The van der Waals surface area contributed by atoms with Gasteiger partial charge in [0.15, 0.2) is 0 Å². The Kier molecular flexibility index (Phi) is 6.49. The average Bonchev–Trinajstić information content (AvgIpc) is 2.43. The van der Waals surface area contributed by atoms with E-state index in [1.165, 1.54) is 0 Å². The number of nitrogens with one attached hydrogen (secondary N) is 1. The van der Waals surface area contributed by atoms with Crippen LogP contribution in [0.25, 0.3) is 0 Å². The Bertz CT molecular complexity index is 358. The summed E-state index contributed by atoms with van der Waals surface area (Å²) in [5.41, 5.74) is 6.77. The van der Waals surface area contributed by atoms with Crippen LogP contribution >= 0.6 is 0 Å². The zero-order chi connectivity index (χ0) is 13.4. The van der Waals surface area contributed by atoms with E-state index in [-0.39, 0.29) is 12.6 Å². The first kappa shape index (κ1) is 14.8. The largest absolute Gasteiger partial charge is 0.497 e. The molecule has 0 amide bonds. The molecule has 0 aliphatic rings. The Morgan fingerprint density at radius 1 is 1.33 bits per heavy atom. The second-order valence-electron chi connectivity index (χ2n) is 3.93. The summed E-state index contributed by atoms with van der Waals surface area (Å²) < 4.78 is 10.5. The molecule has 1 rings (SSSR count). The van der Waals surface area contributed by atoms with E-state index in [1.54, 1.807) is 14.2 Å². The Morgan fingerprint density at radius 2 is 2.11 bits per heavy atom. The summed E-state index contributed by atoms with van der Waals surface area (Å²) >= 11 is 0. The molecule has 4 N–H and O–H groups in total. The van der Waals surface area contributed by atoms with Crippen LogP contribution in [0.5, 0.6) is 11.5 Å². The number of aliphatic hydroxyl groups excluding tert-OH is 1. The van der Waals surface area contributed by atoms with Crippen LogP contribution in [0.1, 0.15) is 18.0 Å². The van der Waals surface area contributed by atoms with Crippen LogP contribution in [0.4, 0.5) is 0 Å². The molecule has 0 heterocycles. The third kappa shape index (κ3) is 3.87. The fraction of sp³-hybridized carbons (Fsp3) is 0.538. The molecule has 1 aromatic rings. The number of aliphatic hydroxyl groups is 1. The van der Waals surface area contributed by atoms with Crippen molar-refractivity contribution in [3.63, 3.8) is 0 Å². The first-order chi connectivity index (χ1) is 8.76. The number of nitrogens with two attached hydrogens (primary N) is 1. The van der Waals surface area contributed by atoms with Crippen molar-refractivity contribution in [3.8, 4) is 11.5 Å². The van der Waals surface area contributed by atoms with Crippen LogP contribution in [-0.2, 0) is 0 Å². The highest BCUT2D eigenvalue weighted by Gasteiger charge is 2.14. The molecular weight excluding hydrogens is 232 g/mol. The van der Waals surface area contributed by atoms with Crippen molar-refractivity contribution in [2.24, 2.45) is 5.73 Å². The van der Waals surface area contributed by atoms with Gasteiger partial charge in [0.1, 0.15) is 11.5 Å². The highest BCUT2D eigenvalue weighted by Crippen LogP contribution is 2.29. The summed E-state index contributed by atoms with van der Waals surface area (Å²) in [6.45, 7) is 1.35. The van der Waals surface area contributed by atoms with Crippen molar-refractivity contribution < 1.29 is 14.6 Å². The molecular formula is C13H22N2O3. The highest BCUT2D eigenvalue weighted by molar-refractivity contribution is 5.42. The molecule has 0 spiro atoms. The van der Waals surface area contributed by atoms with Crippen LogP contribution < -0.4 is 20.5 Å². The Balaban J connectivity index is 2.83. The topological polar surface area (TPSA) is 76.7 Å². The van der Waals surface area contributed by atoms with Crippen molar-refractivity contribution >= 4 is 0 Å². The lowest BCUT2D eigenvalue weighted by molar-refractivity contribution is 0.283. The van der Waals surface area contributed by atoms with Crippen LogP contribution in [0.2, 0.25) is 0 Å². The normalized spacial score (nSPS) is 12.2. The van der Waals surface area contributed by atoms with E-state index in [2.05, 4.69) is 5.32 Å². The van der Waals surface area contributed by atoms with Gasteiger partial charge in [-0.05, 0) is 19.0 Å². The summed E-state index contributed by atoms with van der Waals surface area (Å²) in [6.07, 6.45) is 0.703. The Hall–Kier alpha value is -1.30. The molecule has 102 valence electrons. The van der Waals surface area contributed by atoms with Gasteiger partial charge in [0.25, 0.3) is 0 Å². The van der Waals surface area contributed by atoms with Gasteiger partial charge >= 0.3 is 0 Å². The highest BCUT2D eigenvalue weighted by atomic mass is 16.5. The molecule has 1 unspecified atom stereocenters. The summed E-state index contributed by atoms with van der Waals surface area (Å²) in [7, 11) is 3.24. The monoisotopic (exact) mass is 254 g/mol. The summed E-state index contributed by atoms with van der Waals surface area (Å²) in [4.78, 5) is 0. The molecule has 1 aromatic carbocycles. The van der Waals surface area contributed by atoms with Crippen LogP contribution in [0.15, 0.2) is 18.2 Å². The van der Waals surface area contributed by atoms with E-state index in [9.17, 15) is 0 Å². The third-order valence-electron chi connectivity index (χ3n) is 2.78. The molecule has 0 radical (unpaired) electrons. The number of ether oxygens (including phenoxy) is 2. The SMILES string of the molecule is COc1ccc(C(CN)NCCCO)c(OC)c1. The Morgan fingerprint density at radius 3 is 2.67 bits per heavy atom. The standard InChI is InChI=1S/C13H22N2O3/c1-17-10-4-5-11(13(8-10)18-2)12(9-14)15-6-3-7-16/h4-5,8,12,15-16H,3,6-7,9,14H2,1-2H3. The minimum absolute atomic E-state index is 0.0115. The molecule has 0 bridgehead atoms. The summed E-state index contributed by atoms with van der Waals surface area (Å²) in [5, 5.41) is 12.1. The fourth-order valence-corrected chi connectivity index (χ4v) is 1.78. The molecule has 5 nitrogen and oxygen atoms in total. The van der Waals surface area contributed by atoms with Crippen molar-refractivity contribution in [1.82, 2.24) is 5.32 Å². The van der Waals surface area contributed by atoms with Crippen molar-refractivity contribution in [2.45, 2.75) is 12.5 Å². The van der Waals surface area contributed by atoms with E-state index in [4.69, 9.17) is 20.3 Å². The Labute approximate surface area is 108 Å². The molecule has 0 fully saturated rings. The number of methoxy groups -OCH3 is 2. The van der Waals surface area contributed by atoms with Gasteiger partial charge in [0.05, 0.1) is 14.2 Å². The second-order valence-corrected chi connectivity index (χ2v) is 3.93. The number of hydrogen-bond donors (Lipinski definition) is 3. The zero-order valence-corrected chi connectivity index (χ0v) is 11.0. The van der Waals surface area contributed by atoms with E-state index in [0.717, 1.165) is 17.1 Å². The molecule has 1 atom stereocenters. The van der Waals surface area contributed by atoms with Gasteiger partial charge in [-0.3, -0.25) is 0 Å². The van der Waals surface area contributed by atoms with Gasteiger partial charge in [-0.2, -0.15) is 0 Å². The van der Waals surface area contributed by atoms with E-state index < -0.39 is 0 Å². The lowest BCUT2D eigenvalue weighted by Gasteiger charge is -2.20. The minimum Gasteiger partial charge on any atom is -0.497 e. The van der Waals surface area contributed by atoms with Crippen molar-refractivity contribution in [2.75, 3.05) is 33.9 Å². The number of rotatable bonds is 8. The maximum atomic E-state index is 8.78. The third-order valence-corrected chi connectivity index (χ3v) is 2.78. The lowest BCUT2D eigenvalue weighted by Crippen LogP contribution is -2.29. The second kappa shape index (κ2) is 7.92. The maximum absolute atomic E-state index is 8.78. The van der Waals surface area contributed by atoms with Crippen molar-refractivity contribution in [3.05, 3.63) is 23.8 Å². The van der Waals surface area contributed by atoms with Crippen LogP contribution in [-0.4, -0.2) is 39.0 Å². The molecule has 18 heavy (non-hydrogen) atoms. The smallest absolute Gasteiger partial charge is 0.127 e. The van der Waals surface area contributed by atoms with Gasteiger partial charge < -0.3 is 25.6 Å². The van der Waals surface area contributed by atoms with Crippen molar-refractivity contribution in [1.29, 1.82) is 0 Å². The average molecular weight is 254 g/mol. The molecule has 0 aliphatic heterocycles. The molecule has 0 saturated heterocycles. The maximum Gasteiger partial charge on any atom is 0.127 e. The molecule has 0 aliphatic carbocycles. The predicted molar refractivity (Wildman–Crippen MR) is 71.0 cm³/mol. The first-order valence-electron chi connectivity index (χ1n) is 6.03. The van der Waals surface area contributed by atoms with Crippen LogP contribution in [0, 0.1) is 0 Å². The minimum atomic E-state index is 0.0115. The molecule has 0 aromatic heterocycles. The summed E-state index contributed by atoms with van der Waals surface area (Å²) in [5.74, 6) is 1.50. The van der Waals surface area contributed by atoms with Gasteiger partial charge in [-0.1, -0.05) is 6.07 Å². The quantitative estimate of drug-likeness (QED) is 0.595. The number of hydrogen-bond acceptors (Lipinski definition) is 5. The van der Waals surface area contributed by atoms with Gasteiger partial charge in [-0.25, -0.2) is 0 Å². The lowest BCUT2D eigenvalue weighted by atomic mass is 10.1. The van der Waals surface area contributed by atoms with Gasteiger partial charge in [0.2, 0.25) is 0 Å².